The van der Waals surface area contributed by atoms with Crippen LogP contribution in [0.4, 0.5) is 0 Å². The molecule has 0 unspecified atom stereocenters. The lowest BCUT2D eigenvalue weighted by Crippen LogP contribution is -2.46. The Morgan fingerprint density at radius 2 is 1.23 bits per heavy atom. The standard InChI is InChI=1S/C18H36O7Si/c1-4-23-26(24-5-2,25-6-3)15-9-10-16(17(21)11-7-13-19)18(22)12-8-14-20/h16,19-20H,4-15H2,1-3H3. The highest BCUT2D eigenvalue weighted by atomic mass is 28.4. The number of hydrogen-bond donors (Lipinski definition) is 2. The maximum Gasteiger partial charge on any atom is 0.500 e. The molecule has 0 amide bonds. The van der Waals surface area contributed by atoms with Crippen LogP contribution in [0.5, 0.6) is 0 Å². The number of aliphatic hydroxyl groups excluding tert-OH is 2. The van der Waals surface area contributed by atoms with E-state index in [0.717, 1.165) is 0 Å². The first-order chi connectivity index (χ1) is 12.5. The molecule has 0 aromatic rings. The molecule has 7 nitrogen and oxygen atoms in total. The van der Waals surface area contributed by atoms with Gasteiger partial charge in [-0.1, -0.05) is 0 Å². The van der Waals surface area contributed by atoms with E-state index in [1.54, 1.807) is 0 Å². The van der Waals surface area contributed by atoms with E-state index in [-0.39, 0.29) is 37.6 Å². The van der Waals surface area contributed by atoms with Gasteiger partial charge in [0.1, 0.15) is 11.6 Å². The SMILES string of the molecule is CCO[Si](CCCC(C(=O)CCCO)C(=O)CCCO)(OCC)OCC. The molecule has 0 aromatic carbocycles. The largest absolute Gasteiger partial charge is 0.500 e. The zero-order chi connectivity index (χ0) is 19.8. The van der Waals surface area contributed by atoms with Crippen molar-refractivity contribution in [1.82, 2.24) is 0 Å². The van der Waals surface area contributed by atoms with Gasteiger partial charge in [-0.15, -0.1) is 0 Å². The zero-order valence-corrected chi connectivity index (χ0v) is 17.5. The van der Waals surface area contributed by atoms with Crippen molar-refractivity contribution in [2.75, 3.05) is 33.0 Å². The van der Waals surface area contributed by atoms with Crippen molar-refractivity contribution in [3.05, 3.63) is 0 Å². The summed E-state index contributed by atoms with van der Waals surface area (Å²) in [7, 11) is -2.79. The molecule has 154 valence electrons. The summed E-state index contributed by atoms with van der Waals surface area (Å²) >= 11 is 0. The van der Waals surface area contributed by atoms with Crippen LogP contribution in [-0.4, -0.2) is 63.6 Å². The molecule has 0 spiro atoms. The minimum Gasteiger partial charge on any atom is -0.396 e. The number of hydrogen-bond acceptors (Lipinski definition) is 7. The van der Waals surface area contributed by atoms with Gasteiger partial charge in [0.25, 0.3) is 0 Å². The third kappa shape index (κ3) is 9.89. The van der Waals surface area contributed by atoms with Crippen LogP contribution in [0.2, 0.25) is 6.04 Å². The molecule has 0 radical (unpaired) electrons. The number of aliphatic hydroxyl groups is 2. The number of ketones is 2. The van der Waals surface area contributed by atoms with Gasteiger partial charge >= 0.3 is 8.80 Å². The van der Waals surface area contributed by atoms with E-state index in [2.05, 4.69) is 0 Å². The van der Waals surface area contributed by atoms with E-state index in [9.17, 15) is 9.59 Å². The summed E-state index contributed by atoms with van der Waals surface area (Å²) in [6.07, 6.45) is 2.10. The first-order valence-corrected chi connectivity index (χ1v) is 11.6. The van der Waals surface area contributed by atoms with Crippen molar-refractivity contribution < 1.29 is 33.1 Å². The van der Waals surface area contributed by atoms with Gasteiger partial charge in [0.05, 0.1) is 5.92 Å². The number of Topliss-reactive ketones (excluding diaryl/α,β-unsaturated/α-hetero) is 2. The lowest BCUT2D eigenvalue weighted by molar-refractivity contribution is -0.133. The molecular weight excluding hydrogens is 356 g/mol. The van der Waals surface area contributed by atoms with Crippen LogP contribution < -0.4 is 0 Å². The molecule has 0 atom stereocenters. The average Bonchev–Trinajstić information content (AvgIpc) is 2.62. The maximum absolute atomic E-state index is 12.4. The van der Waals surface area contributed by atoms with E-state index < -0.39 is 14.7 Å². The zero-order valence-electron chi connectivity index (χ0n) is 16.5. The van der Waals surface area contributed by atoms with Crippen LogP contribution in [0, 0.1) is 5.92 Å². The summed E-state index contributed by atoms with van der Waals surface area (Å²) < 4.78 is 17.4. The Labute approximate surface area is 158 Å². The van der Waals surface area contributed by atoms with Crippen LogP contribution in [0.1, 0.15) is 59.3 Å². The molecule has 0 bridgehead atoms. The molecule has 26 heavy (non-hydrogen) atoms. The predicted octanol–water partition coefficient (Wildman–Crippen LogP) is 2.11. The molecule has 0 heterocycles. The van der Waals surface area contributed by atoms with Gasteiger partial charge in [-0.3, -0.25) is 9.59 Å². The summed E-state index contributed by atoms with van der Waals surface area (Å²) in [6.45, 7) is 6.98. The van der Waals surface area contributed by atoms with Crippen LogP contribution in [-0.2, 0) is 22.9 Å². The Hall–Kier alpha value is -0.643. The second-order valence-electron chi connectivity index (χ2n) is 6.01. The monoisotopic (exact) mass is 392 g/mol. The van der Waals surface area contributed by atoms with Crippen LogP contribution in [0.15, 0.2) is 0 Å². The molecule has 0 aliphatic heterocycles. The predicted molar refractivity (Wildman–Crippen MR) is 101 cm³/mol. The van der Waals surface area contributed by atoms with Crippen molar-refractivity contribution in [1.29, 1.82) is 0 Å². The van der Waals surface area contributed by atoms with Crippen molar-refractivity contribution in [2.24, 2.45) is 5.92 Å². The average molecular weight is 393 g/mol. The first kappa shape index (κ1) is 25.4. The molecule has 0 aromatic heterocycles. The van der Waals surface area contributed by atoms with Gasteiger partial charge in [0.15, 0.2) is 0 Å². The molecule has 0 saturated carbocycles. The Morgan fingerprint density at radius 1 is 0.808 bits per heavy atom. The summed E-state index contributed by atoms with van der Waals surface area (Å²) in [6, 6.07) is 0.555. The highest BCUT2D eigenvalue weighted by molar-refractivity contribution is 6.60. The molecule has 2 N–H and O–H groups in total. The van der Waals surface area contributed by atoms with E-state index in [4.69, 9.17) is 23.5 Å². The Morgan fingerprint density at radius 3 is 1.58 bits per heavy atom. The third-order valence-corrected chi connectivity index (χ3v) is 7.16. The Bertz CT molecular complexity index is 353. The quantitative estimate of drug-likeness (QED) is 0.272. The lowest BCUT2D eigenvalue weighted by Gasteiger charge is -2.28. The topological polar surface area (TPSA) is 102 Å². The molecule has 0 fully saturated rings. The molecular formula is C18H36O7Si. The van der Waals surface area contributed by atoms with Gasteiger partial charge in [-0.05, 0) is 46.5 Å². The highest BCUT2D eigenvalue weighted by Crippen LogP contribution is 2.23. The second-order valence-corrected chi connectivity index (χ2v) is 8.75. The summed E-state index contributed by atoms with van der Waals surface area (Å²) in [5.74, 6) is -0.971. The van der Waals surface area contributed by atoms with Gasteiger partial charge in [-0.2, -0.15) is 0 Å². The van der Waals surface area contributed by atoms with Crippen LogP contribution in [0.3, 0.4) is 0 Å². The minimum absolute atomic E-state index is 0.0711. The fourth-order valence-electron chi connectivity index (χ4n) is 2.88. The number of rotatable bonds is 18. The minimum atomic E-state index is -2.79. The van der Waals surface area contributed by atoms with E-state index in [1.165, 1.54) is 0 Å². The van der Waals surface area contributed by atoms with Crippen molar-refractivity contribution >= 4 is 20.4 Å². The molecule has 0 saturated heterocycles. The number of carbonyl (C=O) groups excluding carboxylic acids is 2. The van der Waals surface area contributed by atoms with Crippen molar-refractivity contribution in [2.45, 2.75) is 65.3 Å². The summed E-state index contributed by atoms with van der Waals surface area (Å²) in [4.78, 5) is 24.7. The third-order valence-electron chi connectivity index (χ3n) is 4.01. The summed E-state index contributed by atoms with van der Waals surface area (Å²) in [5.41, 5.74) is 0. The van der Waals surface area contributed by atoms with Crippen LogP contribution >= 0.6 is 0 Å². The molecule has 0 rings (SSSR count). The Kier molecular flexibility index (Phi) is 15.0. The summed E-state index contributed by atoms with van der Waals surface area (Å²) in [5, 5.41) is 17.8. The fraction of sp³-hybridized carbons (Fsp3) is 0.889. The van der Waals surface area contributed by atoms with E-state index >= 15 is 0 Å². The smallest absolute Gasteiger partial charge is 0.396 e. The number of carbonyl (C=O) groups is 2. The van der Waals surface area contributed by atoms with E-state index in [0.29, 0.717) is 51.5 Å². The Balaban J connectivity index is 4.90. The fourth-order valence-corrected chi connectivity index (χ4v) is 5.52. The highest BCUT2D eigenvalue weighted by Gasteiger charge is 2.40. The van der Waals surface area contributed by atoms with Crippen LogP contribution in [0.25, 0.3) is 0 Å². The normalized spacial score (nSPS) is 11.9. The molecule has 0 aliphatic rings. The van der Waals surface area contributed by atoms with Gasteiger partial charge in [-0.25, -0.2) is 0 Å². The van der Waals surface area contributed by atoms with Crippen molar-refractivity contribution in [3.63, 3.8) is 0 Å². The van der Waals surface area contributed by atoms with Crippen molar-refractivity contribution in [3.8, 4) is 0 Å². The van der Waals surface area contributed by atoms with Gasteiger partial charge < -0.3 is 23.5 Å². The van der Waals surface area contributed by atoms with Gasteiger partial charge in [0.2, 0.25) is 0 Å². The molecule has 0 aliphatic carbocycles. The second kappa shape index (κ2) is 15.4. The lowest BCUT2D eigenvalue weighted by atomic mass is 9.89. The van der Waals surface area contributed by atoms with Gasteiger partial charge in [0, 0.05) is 51.9 Å². The first-order valence-electron chi connectivity index (χ1n) is 9.69. The maximum atomic E-state index is 12.4. The molecule has 8 heteroatoms. The van der Waals surface area contributed by atoms with E-state index in [1.807, 2.05) is 20.8 Å².